The summed E-state index contributed by atoms with van der Waals surface area (Å²) in [6.45, 7) is 5.19. The summed E-state index contributed by atoms with van der Waals surface area (Å²) in [7, 11) is 0. The van der Waals surface area contributed by atoms with Crippen molar-refractivity contribution in [2.45, 2.75) is 0 Å². The lowest BCUT2D eigenvalue weighted by Crippen LogP contribution is -2.13. The van der Waals surface area contributed by atoms with Gasteiger partial charge in [0.05, 0.1) is 0 Å². The molecule has 3 heteroatoms. The Hall–Kier alpha value is -0.540. The summed E-state index contributed by atoms with van der Waals surface area (Å²) in [5.41, 5.74) is 0.854. The molecule has 0 unspecified atom stereocenters. The molecular weight excluding hydrogens is 146 g/mol. The van der Waals surface area contributed by atoms with Gasteiger partial charge in [-0.25, -0.2) is 4.31 Å². The van der Waals surface area contributed by atoms with Crippen LogP contribution in [0.4, 0.5) is 0 Å². The van der Waals surface area contributed by atoms with E-state index in [9.17, 15) is 4.79 Å². The van der Waals surface area contributed by atoms with Crippen molar-refractivity contribution < 1.29 is 4.79 Å². The number of hydrogen-bond donors (Lipinski definition) is 0. The number of aldehydes is 1. The standard InChI is InChI=1S/C7H9NOS/c1-2-3-8-4-7(5-9)6-10-8/h2,5-6H,1,3-4H2. The average Bonchev–Trinajstić information content (AvgIpc) is 2.37. The third-order valence-electron chi connectivity index (χ3n) is 1.20. The van der Waals surface area contributed by atoms with E-state index < -0.39 is 0 Å². The highest BCUT2D eigenvalue weighted by Gasteiger charge is 2.11. The van der Waals surface area contributed by atoms with Crippen LogP contribution in [-0.2, 0) is 4.79 Å². The predicted molar refractivity (Wildman–Crippen MR) is 43.5 cm³/mol. The van der Waals surface area contributed by atoms with Gasteiger partial charge in [0.15, 0.2) is 0 Å². The van der Waals surface area contributed by atoms with Gasteiger partial charge in [-0.15, -0.1) is 6.58 Å². The molecule has 0 bridgehead atoms. The average molecular weight is 155 g/mol. The normalized spacial score (nSPS) is 18.6. The van der Waals surface area contributed by atoms with Crippen LogP contribution in [0.2, 0.25) is 0 Å². The van der Waals surface area contributed by atoms with Crippen molar-refractivity contribution in [2.24, 2.45) is 0 Å². The summed E-state index contributed by atoms with van der Waals surface area (Å²) in [6, 6.07) is 0. The van der Waals surface area contributed by atoms with Crippen LogP contribution in [0.25, 0.3) is 0 Å². The lowest BCUT2D eigenvalue weighted by Gasteiger charge is -2.08. The molecule has 0 aliphatic carbocycles. The molecule has 0 aromatic heterocycles. The minimum atomic E-state index is 0.750. The number of rotatable bonds is 3. The first-order valence-electron chi connectivity index (χ1n) is 3.03. The predicted octanol–water partition coefficient (Wildman–Crippen LogP) is 1.22. The molecule has 0 radical (unpaired) electrons. The zero-order chi connectivity index (χ0) is 7.40. The van der Waals surface area contributed by atoms with E-state index in [0.717, 1.165) is 24.9 Å². The second-order valence-corrected chi connectivity index (χ2v) is 2.99. The lowest BCUT2D eigenvalue weighted by molar-refractivity contribution is -0.105. The minimum absolute atomic E-state index is 0.750. The third-order valence-corrected chi connectivity index (χ3v) is 2.18. The van der Waals surface area contributed by atoms with E-state index in [1.54, 1.807) is 11.9 Å². The van der Waals surface area contributed by atoms with Gasteiger partial charge >= 0.3 is 0 Å². The summed E-state index contributed by atoms with van der Waals surface area (Å²) in [5.74, 6) is 0. The number of hydrogen-bond acceptors (Lipinski definition) is 3. The first kappa shape index (κ1) is 7.57. The Bertz CT molecular complexity index is 176. The van der Waals surface area contributed by atoms with Gasteiger partial charge < -0.3 is 0 Å². The fourth-order valence-electron chi connectivity index (χ4n) is 0.737. The SMILES string of the molecule is C=CCN1CC(C=O)=CS1. The zero-order valence-corrected chi connectivity index (χ0v) is 6.43. The van der Waals surface area contributed by atoms with Gasteiger partial charge in [0.25, 0.3) is 0 Å². The maximum Gasteiger partial charge on any atom is 0.147 e. The quantitative estimate of drug-likeness (QED) is 0.347. The van der Waals surface area contributed by atoms with Crippen LogP contribution in [0.5, 0.6) is 0 Å². The van der Waals surface area contributed by atoms with E-state index in [1.807, 2.05) is 11.5 Å². The van der Waals surface area contributed by atoms with Crippen molar-refractivity contribution in [1.29, 1.82) is 0 Å². The molecule has 1 aliphatic rings. The Morgan fingerprint density at radius 3 is 3.20 bits per heavy atom. The highest BCUT2D eigenvalue weighted by atomic mass is 32.2. The van der Waals surface area contributed by atoms with Gasteiger partial charge in [-0.05, 0) is 17.4 Å². The van der Waals surface area contributed by atoms with E-state index in [4.69, 9.17) is 0 Å². The van der Waals surface area contributed by atoms with Crippen molar-refractivity contribution in [3.63, 3.8) is 0 Å². The molecule has 0 fully saturated rings. The summed E-state index contributed by atoms with van der Waals surface area (Å²) in [6.07, 6.45) is 2.73. The molecule has 0 amide bonds. The monoisotopic (exact) mass is 155 g/mol. The molecule has 1 aliphatic heterocycles. The maximum absolute atomic E-state index is 10.2. The van der Waals surface area contributed by atoms with Crippen LogP contribution >= 0.6 is 11.9 Å². The molecule has 10 heavy (non-hydrogen) atoms. The van der Waals surface area contributed by atoms with Crippen molar-refractivity contribution in [2.75, 3.05) is 13.1 Å². The maximum atomic E-state index is 10.2. The first-order chi connectivity index (χ1) is 4.86. The molecule has 0 atom stereocenters. The Labute approximate surface area is 64.7 Å². The van der Waals surface area contributed by atoms with E-state index >= 15 is 0 Å². The Kier molecular flexibility index (Phi) is 2.71. The summed E-state index contributed by atoms with van der Waals surface area (Å²) < 4.78 is 2.07. The minimum Gasteiger partial charge on any atom is -0.298 e. The van der Waals surface area contributed by atoms with Crippen LogP contribution in [0.15, 0.2) is 23.6 Å². The fourth-order valence-corrected chi connectivity index (χ4v) is 1.57. The van der Waals surface area contributed by atoms with Crippen LogP contribution in [-0.4, -0.2) is 23.7 Å². The number of carbonyl (C=O) groups is 1. The third kappa shape index (κ3) is 1.72. The Balaban J connectivity index is 2.35. The molecule has 1 rings (SSSR count). The lowest BCUT2D eigenvalue weighted by atomic mass is 10.3. The molecular formula is C7H9NOS. The highest BCUT2D eigenvalue weighted by molar-refractivity contribution is 8.00. The molecule has 54 valence electrons. The van der Waals surface area contributed by atoms with Crippen molar-refractivity contribution in [3.05, 3.63) is 23.6 Å². The van der Waals surface area contributed by atoms with E-state index in [-0.39, 0.29) is 0 Å². The van der Waals surface area contributed by atoms with Gasteiger partial charge in [0, 0.05) is 18.7 Å². The first-order valence-corrected chi connectivity index (χ1v) is 3.87. The zero-order valence-electron chi connectivity index (χ0n) is 5.62. The molecule has 1 heterocycles. The second kappa shape index (κ2) is 3.58. The summed E-state index contributed by atoms with van der Waals surface area (Å²) in [4.78, 5) is 10.2. The van der Waals surface area contributed by atoms with Crippen molar-refractivity contribution >= 4 is 18.2 Å². The molecule has 0 saturated heterocycles. The van der Waals surface area contributed by atoms with E-state index in [1.165, 1.54) is 0 Å². The molecule has 0 N–H and O–H groups in total. The van der Waals surface area contributed by atoms with Gasteiger partial charge in [-0.1, -0.05) is 6.08 Å². The number of nitrogens with zero attached hydrogens (tertiary/aromatic N) is 1. The molecule has 0 saturated carbocycles. The molecule has 0 spiro atoms. The van der Waals surface area contributed by atoms with Crippen LogP contribution in [0.3, 0.4) is 0 Å². The smallest absolute Gasteiger partial charge is 0.147 e. The summed E-state index contributed by atoms with van der Waals surface area (Å²) >= 11 is 1.57. The Morgan fingerprint density at radius 1 is 1.90 bits per heavy atom. The van der Waals surface area contributed by atoms with Crippen molar-refractivity contribution in [1.82, 2.24) is 4.31 Å². The molecule has 2 nitrogen and oxygen atoms in total. The Morgan fingerprint density at radius 2 is 2.70 bits per heavy atom. The van der Waals surface area contributed by atoms with Gasteiger partial charge in [-0.3, -0.25) is 4.79 Å². The second-order valence-electron chi connectivity index (χ2n) is 2.03. The van der Waals surface area contributed by atoms with E-state index in [2.05, 4.69) is 10.9 Å². The topological polar surface area (TPSA) is 20.3 Å². The van der Waals surface area contributed by atoms with Gasteiger partial charge in [-0.2, -0.15) is 0 Å². The fraction of sp³-hybridized carbons (Fsp3) is 0.286. The highest BCUT2D eigenvalue weighted by Crippen LogP contribution is 2.21. The van der Waals surface area contributed by atoms with E-state index in [0.29, 0.717) is 0 Å². The summed E-state index contributed by atoms with van der Waals surface area (Å²) in [5, 5.41) is 1.87. The molecule has 0 aromatic carbocycles. The van der Waals surface area contributed by atoms with Crippen LogP contribution in [0, 0.1) is 0 Å². The molecule has 0 aromatic rings. The van der Waals surface area contributed by atoms with Gasteiger partial charge in [0.1, 0.15) is 6.29 Å². The largest absolute Gasteiger partial charge is 0.298 e. The van der Waals surface area contributed by atoms with Crippen LogP contribution < -0.4 is 0 Å². The van der Waals surface area contributed by atoms with Crippen molar-refractivity contribution in [3.8, 4) is 0 Å². The number of carbonyl (C=O) groups excluding carboxylic acids is 1. The van der Waals surface area contributed by atoms with Gasteiger partial charge in [0.2, 0.25) is 0 Å². The van der Waals surface area contributed by atoms with Crippen LogP contribution in [0.1, 0.15) is 0 Å².